The van der Waals surface area contributed by atoms with E-state index in [9.17, 15) is 14.4 Å². The van der Waals surface area contributed by atoms with Gasteiger partial charge in [-0.3, -0.25) is 4.79 Å². The van der Waals surface area contributed by atoms with E-state index in [1.165, 1.54) is 11.8 Å². The summed E-state index contributed by atoms with van der Waals surface area (Å²) in [4.78, 5) is 34.7. The molecule has 1 atom stereocenters. The van der Waals surface area contributed by atoms with Gasteiger partial charge in [0.2, 0.25) is 0 Å². The molecule has 0 aliphatic heterocycles. The number of hydrogen-bond donors (Lipinski definition) is 3. The number of nitrogens with two attached hydrogens (primary N) is 1. The molecule has 0 fully saturated rings. The lowest BCUT2D eigenvalue weighted by Crippen LogP contribution is -2.45. The van der Waals surface area contributed by atoms with E-state index in [1.54, 1.807) is 24.3 Å². The summed E-state index contributed by atoms with van der Waals surface area (Å²) < 4.78 is 10.2. The number of nitrogens with one attached hydrogen (secondary N) is 2. The molecule has 0 unspecified atom stereocenters. The molecule has 0 bridgehead atoms. The van der Waals surface area contributed by atoms with Crippen LogP contribution in [0.2, 0.25) is 0 Å². The van der Waals surface area contributed by atoms with Gasteiger partial charge < -0.3 is 25.8 Å². The van der Waals surface area contributed by atoms with Crippen LogP contribution in [0.15, 0.2) is 24.3 Å². The first kappa shape index (κ1) is 20.6. The van der Waals surface area contributed by atoms with Crippen molar-refractivity contribution in [3.05, 3.63) is 24.3 Å². The lowest BCUT2D eigenvalue weighted by atomic mass is 10.2. The van der Waals surface area contributed by atoms with Crippen LogP contribution in [0.5, 0.6) is 5.75 Å². The van der Waals surface area contributed by atoms with E-state index in [-0.39, 0.29) is 0 Å². The van der Waals surface area contributed by atoms with Crippen LogP contribution in [-0.2, 0) is 14.3 Å². The van der Waals surface area contributed by atoms with Gasteiger partial charge in [-0.1, -0.05) is 0 Å². The first-order valence-corrected chi connectivity index (χ1v) is 9.10. The number of amides is 3. The molecule has 0 radical (unpaired) electrons. The summed E-state index contributed by atoms with van der Waals surface area (Å²) in [6.45, 7) is 1.98. The highest BCUT2D eigenvalue weighted by Gasteiger charge is 2.21. The van der Waals surface area contributed by atoms with Crippen LogP contribution in [-0.4, -0.2) is 49.2 Å². The predicted molar refractivity (Wildman–Crippen MR) is 96.7 cm³/mol. The molecule has 9 heteroatoms. The molecule has 1 aromatic carbocycles. The number of carbonyl (C=O) groups is 3. The van der Waals surface area contributed by atoms with E-state index in [0.717, 1.165) is 0 Å². The maximum Gasteiger partial charge on any atom is 0.329 e. The van der Waals surface area contributed by atoms with Gasteiger partial charge in [0.05, 0.1) is 6.61 Å². The topological polar surface area (TPSA) is 120 Å². The Kier molecular flexibility index (Phi) is 9.23. The average Bonchev–Trinajstić information content (AvgIpc) is 2.58. The van der Waals surface area contributed by atoms with Crippen molar-refractivity contribution in [2.24, 2.45) is 5.73 Å². The van der Waals surface area contributed by atoms with Crippen LogP contribution >= 0.6 is 11.8 Å². The second-order valence-electron chi connectivity index (χ2n) is 4.96. The standard InChI is InChI=1S/C16H23N3O5S/c1-3-23-12-6-4-11(5-7-12)18-14(20)10-24-15(21)13(8-9-25-2)19-16(17)22/h4-7,13H,3,8-10H2,1-2H3,(H,18,20)(H3,17,19,22)/t13-/m0/s1. The van der Waals surface area contributed by atoms with E-state index in [0.29, 0.717) is 30.2 Å². The van der Waals surface area contributed by atoms with E-state index < -0.39 is 30.6 Å². The van der Waals surface area contributed by atoms with Crippen molar-refractivity contribution in [2.75, 3.05) is 30.5 Å². The fourth-order valence-corrected chi connectivity index (χ4v) is 2.36. The fourth-order valence-electron chi connectivity index (χ4n) is 1.89. The van der Waals surface area contributed by atoms with Gasteiger partial charge >= 0.3 is 12.0 Å². The van der Waals surface area contributed by atoms with Crippen molar-refractivity contribution in [1.82, 2.24) is 5.32 Å². The summed E-state index contributed by atoms with van der Waals surface area (Å²) in [6, 6.07) is 5.12. The molecule has 4 N–H and O–H groups in total. The quantitative estimate of drug-likeness (QED) is 0.536. The minimum atomic E-state index is -0.872. The third-order valence-corrected chi connectivity index (χ3v) is 3.65. The molecular formula is C16H23N3O5S. The van der Waals surface area contributed by atoms with Gasteiger partial charge in [-0.15, -0.1) is 0 Å². The summed E-state index contributed by atoms with van der Waals surface area (Å²) in [5.41, 5.74) is 5.59. The zero-order valence-corrected chi connectivity index (χ0v) is 15.1. The summed E-state index contributed by atoms with van der Waals surface area (Å²) >= 11 is 1.52. The SMILES string of the molecule is CCOc1ccc(NC(=O)COC(=O)[C@H](CCSC)NC(N)=O)cc1. The lowest BCUT2D eigenvalue weighted by Gasteiger charge is -2.16. The molecule has 0 aliphatic carbocycles. The lowest BCUT2D eigenvalue weighted by molar-refractivity contribution is -0.149. The molecule has 0 heterocycles. The second-order valence-corrected chi connectivity index (χ2v) is 5.94. The van der Waals surface area contributed by atoms with Gasteiger partial charge in [0.1, 0.15) is 11.8 Å². The largest absolute Gasteiger partial charge is 0.494 e. The van der Waals surface area contributed by atoms with Gasteiger partial charge in [-0.25, -0.2) is 9.59 Å². The van der Waals surface area contributed by atoms with Crippen LogP contribution in [0.25, 0.3) is 0 Å². The smallest absolute Gasteiger partial charge is 0.329 e. The van der Waals surface area contributed by atoms with Crippen molar-refractivity contribution in [1.29, 1.82) is 0 Å². The monoisotopic (exact) mass is 369 g/mol. The van der Waals surface area contributed by atoms with Gasteiger partial charge in [-0.2, -0.15) is 11.8 Å². The molecule has 0 spiro atoms. The fraction of sp³-hybridized carbons (Fsp3) is 0.438. The number of benzene rings is 1. The Hall–Kier alpha value is -2.42. The second kappa shape index (κ2) is 11.2. The minimum absolute atomic E-state index is 0.365. The van der Waals surface area contributed by atoms with Crippen LogP contribution < -0.4 is 21.1 Å². The Morgan fingerprint density at radius 1 is 1.24 bits per heavy atom. The van der Waals surface area contributed by atoms with E-state index in [2.05, 4.69) is 10.6 Å². The molecule has 1 aromatic rings. The maximum atomic E-state index is 12.0. The summed E-state index contributed by atoms with van der Waals surface area (Å²) in [7, 11) is 0. The number of rotatable bonds is 10. The van der Waals surface area contributed by atoms with Crippen molar-refractivity contribution in [3.63, 3.8) is 0 Å². The number of primary amides is 1. The van der Waals surface area contributed by atoms with Gasteiger partial charge in [0, 0.05) is 5.69 Å². The first-order chi connectivity index (χ1) is 12.0. The molecule has 0 saturated carbocycles. The van der Waals surface area contributed by atoms with Crippen molar-refractivity contribution < 1.29 is 23.9 Å². The maximum absolute atomic E-state index is 12.0. The minimum Gasteiger partial charge on any atom is -0.494 e. The highest BCUT2D eigenvalue weighted by molar-refractivity contribution is 7.98. The number of hydrogen-bond acceptors (Lipinski definition) is 6. The van der Waals surface area contributed by atoms with Gasteiger partial charge in [0.15, 0.2) is 6.61 Å². The van der Waals surface area contributed by atoms with E-state index in [1.807, 2.05) is 13.2 Å². The summed E-state index contributed by atoms with van der Waals surface area (Å²) in [5.74, 6) is 0.147. The number of ether oxygens (including phenoxy) is 2. The summed E-state index contributed by atoms with van der Waals surface area (Å²) in [5, 5.41) is 4.91. The Balaban J connectivity index is 2.47. The van der Waals surface area contributed by atoms with Crippen molar-refractivity contribution in [2.45, 2.75) is 19.4 Å². The number of urea groups is 1. The van der Waals surface area contributed by atoms with Crippen molar-refractivity contribution >= 4 is 35.4 Å². The Morgan fingerprint density at radius 2 is 1.92 bits per heavy atom. The average molecular weight is 369 g/mol. The number of thioether (sulfide) groups is 1. The van der Waals surface area contributed by atoms with Crippen LogP contribution in [0.1, 0.15) is 13.3 Å². The molecular weight excluding hydrogens is 346 g/mol. The molecule has 0 aromatic heterocycles. The zero-order chi connectivity index (χ0) is 18.7. The molecule has 8 nitrogen and oxygen atoms in total. The Labute approximate surface area is 150 Å². The van der Waals surface area contributed by atoms with Crippen LogP contribution in [0.4, 0.5) is 10.5 Å². The Morgan fingerprint density at radius 3 is 2.48 bits per heavy atom. The van der Waals surface area contributed by atoms with Crippen LogP contribution in [0.3, 0.4) is 0 Å². The molecule has 25 heavy (non-hydrogen) atoms. The normalized spacial score (nSPS) is 11.3. The van der Waals surface area contributed by atoms with E-state index >= 15 is 0 Å². The van der Waals surface area contributed by atoms with E-state index in [4.69, 9.17) is 15.2 Å². The molecule has 138 valence electrons. The third kappa shape index (κ3) is 8.30. The highest BCUT2D eigenvalue weighted by Crippen LogP contribution is 2.15. The third-order valence-electron chi connectivity index (χ3n) is 3.01. The number of esters is 1. The molecule has 0 aliphatic rings. The number of anilines is 1. The molecule has 1 rings (SSSR count). The van der Waals surface area contributed by atoms with Gasteiger partial charge in [-0.05, 0) is 49.6 Å². The summed E-state index contributed by atoms with van der Waals surface area (Å²) in [6.07, 6.45) is 2.24. The zero-order valence-electron chi connectivity index (χ0n) is 14.2. The predicted octanol–water partition coefficient (Wildman–Crippen LogP) is 1.36. The van der Waals surface area contributed by atoms with Crippen molar-refractivity contribution in [3.8, 4) is 5.75 Å². The van der Waals surface area contributed by atoms with Gasteiger partial charge in [0.25, 0.3) is 5.91 Å². The Bertz CT molecular complexity index is 580. The first-order valence-electron chi connectivity index (χ1n) is 7.70. The van der Waals surface area contributed by atoms with Crippen LogP contribution in [0, 0.1) is 0 Å². The molecule has 0 saturated heterocycles. The number of carbonyl (C=O) groups excluding carboxylic acids is 3. The highest BCUT2D eigenvalue weighted by atomic mass is 32.2. The molecule has 3 amide bonds.